The van der Waals surface area contributed by atoms with E-state index in [4.69, 9.17) is 10.5 Å². The summed E-state index contributed by atoms with van der Waals surface area (Å²) in [5, 5.41) is 0. The van der Waals surface area contributed by atoms with Gasteiger partial charge in [0.25, 0.3) is 0 Å². The third kappa shape index (κ3) is 2.60. The van der Waals surface area contributed by atoms with E-state index in [0.29, 0.717) is 6.04 Å². The molecule has 1 saturated heterocycles. The lowest BCUT2D eigenvalue weighted by atomic mass is 9.51. The van der Waals surface area contributed by atoms with Crippen LogP contribution >= 0.6 is 0 Å². The van der Waals surface area contributed by atoms with Gasteiger partial charge in [0, 0.05) is 24.0 Å². The molecule has 2 fully saturated rings. The van der Waals surface area contributed by atoms with E-state index in [1.807, 2.05) is 25.7 Å². The highest BCUT2D eigenvalue weighted by Gasteiger charge is 2.63. The van der Waals surface area contributed by atoms with Gasteiger partial charge in [-0.3, -0.25) is 0 Å². The first-order valence-corrected chi connectivity index (χ1v) is 7.20. The zero-order valence-electron chi connectivity index (χ0n) is 13.1. The summed E-state index contributed by atoms with van der Waals surface area (Å²) in [5.74, 6) is 0. The van der Waals surface area contributed by atoms with Gasteiger partial charge in [0.1, 0.15) is 5.60 Å². The highest BCUT2D eigenvalue weighted by atomic mass is 16.6. The fourth-order valence-electron chi connectivity index (χ4n) is 3.95. The van der Waals surface area contributed by atoms with Gasteiger partial charge < -0.3 is 15.4 Å². The van der Waals surface area contributed by atoms with Crippen LogP contribution in [0.15, 0.2) is 0 Å². The van der Waals surface area contributed by atoms with E-state index in [-0.39, 0.29) is 23.0 Å². The first-order chi connectivity index (χ1) is 8.45. The average Bonchev–Trinajstić information content (AvgIpc) is 2.02. The summed E-state index contributed by atoms with van der Waals surface area (Å²) in [6.07, 6.45) is 1.89. The van der Waals surface area contributed by atoms with Crippen molar-refractivity contribution in [3.8, 4) is 0 Å². The van der Waals surface area contributed by atoms with Gasteiger partial charge >= 0.3 is 6.09 Å². The van der Waals surface area contributed by atoms with Crippen molar-refractivity contribution >= 4 is 6.09 Å². The normalized spacial score (nSPS) is 34.8. The third-order valence-electron chi connectivity index (χ3n) is 4.16. The first kappa shape index (κ1) is 14.6. The quantitative estimate of drug-likeness (QED) is 0.735. The van der Waals surface area contributed by atoms with Crippen molar-refractivity contribution in [1.82, 2.24) is 4.90 Å². The number of hydrogen-bond acceptors (Lipinski definition) is 3. The zero-order valence-corrected chi connectivity index (χ0v) is 13.1. The van der Waals surface area contributed by atoms with Crippen LogP contribution in [0.1, 0.15) is 54.4 Å². The Bertz CT molecular complexity index is 373. The van der Waals surface area contributed by atoms with Crippen molar-refractivity contribution in [3.05, 3.63) is 0 Å². The zero-order chi connectivity index (χ0) is 14.6. The molecule has 1 heterocycles. The molecule has 1 unspecified atom stereocenters. The van der Waals surface area contributed by atoms with Gasteiger partial charge in [-0.2, -0.15) is 0 Å². The summed E-state index contributed by atoms with van der Waals surface area (Å²) >= 11 is 0. The Balaban J connectivity index is 2.09. The standard InChI is InChI=1S/C15H28N2O2/c1-13(2,3)11-15(7-10(16)8-15)9-17(11)12(18)19-14(4,5)6/h10-11H,7-9,16H2,1-6H3. The molecular weight excluding hydrogens is 240 g/mol. The van der Waals surface area contributed by atoms with Crippen LogP contribution in [0.25, 0.3) is 0 Å². The van der Waals surface area contributed by atoms with Gasteiger partial charge in [-0.1, -0.05) is 20.8 Å². The maximum absolute atomic E-state index is 12.3. The second-order valence-corrected chi connectivity index (χ2v) is 8.41. The van der Waals surface area contributed by atoms with Crippen LogP contribution in [0.3, 0.4) is 0 Å². The topological polar surface area (TPSA) is 55.6 Å². The van der Waals surface area contributed by atoms with E-state index in [1.54, 1.807) is 0 Å². The molecule has 110 valence electrons. The number of nitrogens with two attached hydrogens (primary N) is 1. The number of carbonyl (C=O) groups is 1. The largest absolute Gasteiger partial charge is 0.444 e. The molecule has 1 aliphatic carbocycles. The van der Waals surface area contributed by atoms with Crippen LogP contribution in [0.4, 0.5) is 4.79 Å². The molecule has 0 aromatic carbocycles. The Kier molecular flexibility index (Phi) is 3.17. The minimum atomic E-state index is -0.432. The monoisotopic (exact) mass is 268 g/mol. The molecule has 1 aliphatic heterocycles. The van der Waals surface area contributed by atoms with Crippen molar-refractivity contribution in [2.45, 2.75) is 72.1 Å². The highest BCUT2D eigenvalue weighted by molar-refractivity contribution is 5.70. The molecule has 1 spiro atoms. The lowest BCUT2D eigenvalue weighted by molar-refractivity contribution is -0.165. The minimum Gasteiger partial charge on any atom is -0.444 e. The van der Waals surface area contributed by atoms with Gasteiger partial charge in [-0.05, 0) is 39.0 Å². The molecule has 1 atom stereocenters. The van der Waals surface area contributed by atoms with Crippen molar-refractivity contribution in [3.63, 3.8) is 0 Å². The van der Waals surface area contributed by atoms with E-state index in [9.17, 15) is 4.79 Å². The molecule has 0 bridgehead atoms. The minimum absolute atomic E-state index is 0.0648. The number of nitrogens with zero attached hydrogens (tertiary/aromatic N) is 1. The molecule has 0 radical (unpaired) electrons. The second-order valence-electron chi connectivity index (χ2n) is 8.41. The van der Waals surface area contributed by atoms with Crippen molar-refractivity contribution in [2.75, 3.05) is 6.54 Å². The number of rotatable bonds is 0. The second kappa shape index (κ2) is 4.11. The summed E-state index contributed by atoms with van der Waals surface area (Å²) in [4.78, 5) is 14.2. The number of ether oxygens (including phenoxy) is 1. The van der Waals surface area contributed by atoms with E-state index in [0.717, 1.165) is 19.4 Å². The van der Waals surface area contributed by atoms with E-state index < -0.39 is 5.60 Å². The molecule has 19 heavy (non-hydrogen) atoms. The summed E-state index contributed by atoms with van der Waals surface area (Å²) in [6.45, 7) is 13.1. The van der Waals surface area contributed by atoms with Crippen molar-refractivity contribution in [2.24, 2.45) is 16.6 Å². The summed E-state index contributed by atoms with van der Waals surface area (Å²) < 4.78 is 5.51. The van der Waals surface area contributed by atoms with Gasteiger partial charge in [-0.15, -0.1) is 0 Å². The lowest BCUT2D eigenvalue weighted by Crippen LogP contribution is -2.76. The van der Waals surface area contributed by atoms with Gasteiger partial charge in [0.15, 0.2) is 0 Å². The van der Waals surface area contributed by atoms with E-state index in [2.05, 4.69) is 20.8 Å². The van der Waals surface area contributed by atoms with E-state index in [1.165, 1.54) is 0 Å². The fourth-order valence-corrected chi connectivity index (χ4v) is 3.95. The Labute approximate surface area is 116 Å². The molecule has 4 nitrogen and oxygen atoms in total. The molecule has 0 aromatic heterocycles. The number of amides is 1. The Hall–Kier alpha value is -0.770. The molecule has 2 rings (SSSR count). The molecule has 4 heteroatoms. The first-order valence-electron chi connectivity index (χ1n) is 7.20. The predicted molar refractivity (Wildman–Crippen MR) is 75.8 cm³/mol. The molecule has 2 N–H and O–H groups in total. The van der Waals surface area contributed by atoms with Crippen LogP contribution in [-0.4, -0.2) is 35.2 Å². The van der Waals surface area contributed by atoms with Gasteiger partial charge in [0.2, 0.25) is 0 Å². The van der Waals surface area contributed by atoms with E-state index >= 15 is 0 Å². The molecular formula is C15H28N2O2. The van der Waals surface area contributed by atoms with Gasteiger partial charge in [-0.25, -0.2) is 4.79 Å². The van der Waals surface area contributed by atoms with Crippen LogP contribution in [0.2, 0.25) is 0 Å². The number of hydrogen-bond donors (Lipinski definition) is 1. The Morgan fingerprint density at radius 1 is 1.21 bits per heavy atom. The highest BCUT2D eigenvalue weighted by Crippen LogP contribution is 2.57. The SMILES string of the molecule is CC(C)(C)OC(=O)N1CC2(CC(N)C2)C1C(C)(C)C. The molecule has 1 amide bonds. The average molecular weight is 268 g/mol. The molecule has 2 aliphatic rings. The predicted octanol–water partition coefficient (Wildman–Crippen LogP) is 2.76. The fraction of sp³-hybridized carbons (Fsp3) is 0.933. The number of carbonyl (C=O) groups excluding carboxylic acids is 1. The maximum Gasteiger partial charge on any atom is 0.410 e. The number of likely N-dealkylation sites (tertiary alicyclic amines) is 1. The third-order valence-corrected chi connectivity index (χ3v) is 4.16. The van der Waals surface area contributed by atoms with Crippen molar-refractivity contribution in [1.29, 1.82) is 0 Å². The van der Waals surface area contributed by atoms with Crippen LogP contribution < -0.4 is 5.73 Å². The maximum atomic E-state index is 12.3. The molecule has 0 aromatic rings. The van der Waals surface area contributed by atoms with Gasteiger partial charge in [0.05, 0.1) is 0 Å². The summed E-state index contributed by atoms with van der Waals surface area (Å²) in [7, 11) is 0. The van der Waals surface area contributed by atoms with Crippen molar-refractivity contribution < 1.29 is 9.53 Å². The van der Waals surface area contributed by atoms with Crippen LogP contribution in [-0.2, 0) is 4.74 Å². The summed E-state index contributed by atoms with van der Waals surface area (Å²) in [5.41, 5.74) is 5.83. The Morgan fingerprint density at radius 2 is 1.74 bits per heavy atom. The molecule has 1 saturated carbocycles. The lowest BCUT2D eigenvalue weighted by Gasteiger charge is -2.67. The van der Waals surface area contributed by atoms with Crippen LogP contribution in [0, 0.1) is 10.8 Å². The van der Waals surface area contributed by atoms with Crippen LogP contribution in [0.5, 0.6) is 0 Å². The summed E-state index contributed by atoms with van der Waals surface area (Å²) in [6, 6.07) is 0.556. The Morgan fingerprint density at radius 3 is 2.11 bits per heavy atom. The smallest absolute Gasteiger partial charge is 0.410 e.